The highest BCUT2D eigenvalue weighted by molar-refractivity contribution is 5.50. The van der Waals surface area contributed by atoms with E-state index in [1.54, 1.807) is 0 Å². The second-order valence-corrected chi connectivity index (χ2v) is 7.07. The molecule has 20 heavy (non-hydrogen) atoms. The van der Waals surface area contributed by atoms with Crippen LogP contribution in [0.3, 0.4) is 0 Å². The largest absolute Gasteiger partial charge is 0.370 e. The molecular formula is C16H28N4. The van der Waals surface area contributed by atoms with E-state index >= 15 is 0 Å². The highest BCUT2D eigenvalue weighted by Gasteiger charge is 2.28. The molecule has 112 valence electrons. The number of nitrogens with zero attached hydrogens (tertiary/aromatic N) is 3. The van der Waals surface area contributed by atoms with Gasteiger partial charge in [-0.2, -0.15) is 0 Å². The fraction of sp³-hybridized carbons (Fsp3) is 0.750. The van der Waals surface area contributed by atoms with Crippen molar-refractivity contribution in [2.24, 2.45) is 11.8 Å². The van der Waals surface area contributed by atoms with Gasteiger partial charge < -0.3 is 10.2 Å². The summed E-state index contributed by atoms with van der Waals surface area (Å²) in [5, 5.41) is 3.33. The van der Waals surface area contributed by atoms with E-state index in [4.69, 9.17) is 4.98 Å². The number of anilines is 2. The molecule has 1 aliphatic heterocycles. The average Bonchev–Trinajstić information content (AvgIpc) is 2.69. The summed E-state index contributed by atoms with van der Waals surface area (Å²) in [5.41, 5.74) is -0.0306. The van der Waals surface area contributed by atoms with E-state index < -0.39 is 0 Å². The second-order valence-electron chi connectivity index (χ2n) is 7.07. The molecule has 1 aromatic rings. The maximum absolute atomic E-state index is 4.81. The first kappa shape index (κ1) is 15.1. The van der Waals surface area contributed by atoms with Gasteiger partial charge in [-0.15, -0.1) is 0 Å². The minimum Gasteiger partial charge on any atom is -0.370 e. The van der Waals surface area contributed by atoms with E-state index in [9.17, 15) is 0 Å². The number of hydrogen-bond acceptors (Lipinski definition) is 4. The summed E-state index contributed by atoms with van der Waals surface area (Å²) >= 11 is 0. The summed E-state index contributed by atoms with van der Waals surface area (Å²) in [6, 6.07) is 2.09. The van der Waals surface area contributed by atoms with Crippen LogP contribution in [0.4, 0.5) is 11.6 Å². The average molecular weight is 276 g/mol. The molecule has 4 nitrogen and oxygen atoms in total. The fourth-order valence-electron chi connectivity index (χ4n) is 2.52. The van der Waals surface area contributed by atoms with Crippen LogP contribution in [0.5, 0.6) is 0 Å². The van der Waals surface area contributed by atoms with Crippen molar-refractivity contribution in [3.8, 4) is 0 Å². The fourth-order valence-corrected chi connectivity index (χ4v) is 2.52. The van der Waals surface area contributed by atoms with Crippen molar-refractivity contribution in [2.45, 2.75) is 47.0 Å². The maximum Gasteiger partial charge on any atom is 0.138 e. The van der Waals surface area contributed by atoms with E-state index in [2.05, 4.69) is 62.8 Å². The Morgan fingerprint density at radius 2 is 1.80 bits per heavy atom. The molecule has 0 amide bonds. The molecule has 1 fully saturated rings. The first-order valence-corrected chi connectivity index (χ1v) is 7.69. The quantitative estimate of drug-likeness (QED) is 0.919. The monoisotopic (exact) mass is 276 g/mol. The molecule has 0 aromatic carbocycles. The van der Waals surface area contributed by atoms with Crippen molar-refractivity contribution in [3.63, 3.8) is 0 Å². The zero-order valence-corrected chi connectivity index (χ0v) is 13.7. The van der Waals surface area contributed by atoms with E-state index in [0.29, 0.717) is 0 Å². The highest BCUT2D eigenvalue weighted by atomic mass is 15.2. The molecule has 1 aromatic heterocycles. The molecule has 1 saturated heterocycles. The van der Waals surface area contributed by atoms with Gasteiger partial charge in [0, 0.05) is 31.1 Å². The number of rotatable bonds is 3. The third-order valence-electron chi connectivity index (χ3n) is 4.05. The Bertz CT molecular complexity index is 454. The van der Waals surface area contributed by atoms with Crippen molar-refractivity contribution in [3.05, 3.63) is 11.9 Å². The van der Waals surface area contributed by atoms with Gasteiger partial charge in [0.15, 0.2) is 0 Å². The predicted octanol–water partition coefficient (Wildman–Crippen LogP) is 3.30. The summed E-state index contributed by atoms with van der Waals surface area (Å²) in [7, 11) is 0. The lowest BCUT2D eigenvalue weighted by Gasteiger charge is -2.23. The molecule has 1 N–H and O–H groups in total. The summed E-state index contributed by atoms with van der Waals surface area (Å²) in [6.07, 6.45) is 0. The van der Waals surface area contributed by atoms with E-state index in [1.807, 2.05) is 0 Å². The Labute approximate surface area is 123 Å². The van der Waals surface area contributed by atoms with Crippen LogP contribution in [-0.2, 0) is 5.41 Å². The van der Waals surface area contributed by atoms with E-state index in [1.165, 1.54) is 0 Å². The molecule has 0 bridgehead atoms. The third kappa shape index (κ3) is 3.22. The zero-order valence-electron chi connectivity index (χ0n) is 13.7. The zero-order chi connectivity index (χ0) is 14.9. The highest BCUT2D eigenvalue weighted by Crippen LogP contribution is 2.29. The van der Waals surface area contributed by atoms with Gasteiger partial charge in [-0.1, -0.05) is 34.6 Å². The van der Waals surface area contributed by atoms with Crippen molar-refractivity contribution in [1.29, 1.82) is 0 Å². The lowest BCUT2D eigenvalue weighted by atomic mass is 9.96. The van der Waals surface area contributed by atoms with Gasteiger partial charge in [0.25, 0.3) is 0 Å². The topological polar surface area (TPSA) is 41.0 Å². The van der Waals surface area contributed by atoms with E-state index in [0.717, 1.165) is 48.9 Å². The summed E-state index contributed by atoms with van der Waals surface area (Å²) in [4.78, 5) is 11.9. The third-order valence-corrected chi connectivity index (χ3v) is 4.05. The number of hydrogen-bond donors (Lipinski definition) is 1. The first-order valence-electron chi connectivity index (χ1n) is 7.69. The van der Waals surface area contributed by atoms with Gasteiger partial charge >= 0.3 is 0 Å². The Kier molecular flexibility index (Phi) is 4.21. The van der Waals surface area contributed by atoms with Crippen molar-refractivity contribution >= 4 is 11.6 Å². The van der Waals surface area contributed by atoms with Gasteiger partial charge in [0.2, 0.25) is 0 Å². The van der Waals surface area contributed by atoms with Gasteiger partial charge in [0.1, 0.15) is 17.5 Å². The molecular weight excluding hydrogens is 248 g/mol. The van der Waals surface area contributed by atoms with Gasteiger partial charge in [-0.3, -0.25) is 0 Å². The molecule has 0 saturated carbocycles. The molecule has 0 radical (unpaired) electrons. The van der Waals surface area contributed by atoms with Gasteiger partial charge in [0.05, 0.1) is 0 Å². The Balaban J connectivity index is 2.35. The normalized spacial score (nSPS) is 23.2. The predicted molar refractivity (Wildman–Crippen MR) is 85.4 cm³/mol. The molecule has 0 spiro atoms. The van der Waals surface area contributed by atoms with Crippen molar-refractivity contribution in [2.75, 3.05) is 29.9 Å². The Morgan fingerprint density at radius 3 is 2.30 bits per heavy atom. The van der Waals surface area contributed by atoms with Crippen LogP contribution in [0.2, 0.25) is 0 Å². The van der Waals surface area contributed by atoms with Crippen LogP contribution in [0.25, 0.3) is 0 Å². The standard InChI is InChI=1S/C16H28N4/c1-7-17-13-8-14(19-15(18-13)16(4,5)6)20-9-11(2)12(3)10-20/h8,11-12H,7,9-10H2,1-6H3,(H,17,18,19). The molecule has 0 aliphatic carbocycles. The van der Waals surface area contributed by atoms with Crippen LogP contribution in [0.15, 0.2) is 6.07 Å². The van der Waals surface area contributed by atoms with E-state index in [-0.39, 0.29) is 5.41 Å². The van der Waals surface area contributed by atoms with Crippen LogP contribution in [0, 0.1) is 11.8 Å². The summed E-state index contributed by atoms with van der Waals surface area (Å²) in [5.74, 6) is 4.38. The van der Waals surface area contributed by atoms with Crippen molar-refractivity contribution in [1.82, 2.24) is 9.97 Å². The van der Waals surface area contributed by atoms with Gasteiger partial charge in [-0.05, 0) is 18.8 Å². The molecule has 2 heterocycles. The van der Waals surface area contributed by atoms with Crippen molar-refractivity contribution < 1.29 is 0 Å². The number of nitrogens with one attached hydrogen (secondary N) is 1. The molecule has 2 unspecified atom stereocenters. The molecule has 4 heteroatoms. The van der Waals surface area contributed by atoms with Crippen LogP contribution in [0.1, 0.15) is 47.4 Å². The summed E-state index contributed by atoms with van der Waals surface area (Å²) < 4.78 is 0. The Hall–Kier alpha value is -1.32. The minimum atomic E-state index is -0.0306. The number of aromatic nitrogens is 2. The Morgan fingerprint density at radius 1 is 1.20 bits per heavy atom. The first-order chi connectivity index (χ1) is 9.31. The maximum atomic E-state index is 4.81. The molecule has 2 atom stereocenters. The van der Waals surface area contributed by atoms with Crippen LogP contribution >= 0.6 is 0 Å². The smallest absolute Gasteiger partial charge is 0.138 e. The van der Waals surface area contributed by atoms with Gasteiger partial charge in [-0.25, -0.2) is 9.97 Å². The second kappa shape index (κ2) is 5.58. The van der Waals surface area contributed by atoms with Crippen LogP contribution < -0.4 is 10.2 Å². The lowest BCUT2D eigenvalue weighted by Crippen LogP contribution is -2.24. The molecule has 1 aliphatic rings. The minimum absolute atomic E-state index is 0.0306. The lowest BCUT2D eigenvalue weighted by molar-refractivity contribution is 0.494. The summed E-state index contributed by atoms with van der Waals surface area (Å²) in [6.45, 7) is 16.3. The molecule has 2 rings (SSSR count). The SMILES string of the molecule is CCNc1cc(N2CC(C)C(C)C2)nc(C(C)(C)C)n1. The van der Waals surface area contributed by atoms with Crippen LogP contribution in [-0.4, -0.2) is 29.6 Å².